The zero-order valence-corrected chi connectivity index (χ0v) is 14.9. The van der Waals surface area contributed by atoms with E-state index in [0.29, 0.717) is 37.2 Å². The van der Waals surface area contributed by atoms with Crippen molar-refractivity contribution in [2.24, 2.45) is 0 Å². The molecule has 2 aliphatic heterocycles. The Kier molecular flexibility index (Phi) is 4.37. The van der Waals surface area contributed by atoms with Gasteiger partial charge in [-0.05, 0) is 42.7 Å². The van der Waals surface area contributed by atoms with Crippen molar-refractivity contribution in [3.8, 4) is 5.75 Å². The number of hydrogen-bond donors (Lipinski definition) is 1. The molecular weight excluding hydrogens is 354 g/mol. The van der Waals surface area contributed by atoms with E-state index < -0.39 is 10.0 Å². The molecule has 1 amide bonds. The fourth-order valence-electron chi connectivity index (χ4n) is 3.32. The van der Waals surface area contributed by atoms with E-state index in [0.717, 1.165) is 5.56 Å². The van der Waals surface area contributed by atoms with Gasteiger partial charge in [-0.25, -0.2) is 8.42 Å². The van der Waals surface area contributed by atoms with Gasteiger partial charge < -0.3 is 10.1 Å². The van der Waals surface area contributed by atoms with Crippen LogP contribution in [0, 0.1) is 0 Å². The van der Waals surface area contributed by atoms with Gasteiger partial charge in [-0.2, -0.15) is 4.31 Å². The number of amides is 1. The largest absolute Gasteiger partial charge is 0.487 e. The van der Waals surface area contributed by atoms with Gasteiger partial charge in [0.05, 0.1) is 17.6 Å². The van der Waals surface area contributed by atoms with Crippen LogP contribution in [0.4, 0.5) is 0 Å². The van der Waals surface area contributed by atoms with E-state index in [2.05, 4.69) is 10.3 Å². The molecule has 1 atom stereocenters. The highest BCUT2D eigenvalue weighted by Crippen LogP contribution is 2.26. The predicted octanol–water partition coefficient (Wildman–Crippen LogP) is 1.21. The number of nitrogens with zero attached hydrogens (tertiary/aromatic N) is 2. The summed E-state index contributed by atoms with van der Waals surface area (Å²) in [6, 6.07) is 8.38. The van der Waals surface area contributed by atoms with E-state index in [-0.39, 0.29) is 23.5 Å². The summed E-state index contributed by atoms with van der Waals surface area (Å²) < 4.78 is 33.1. The van der Waals surface area contributed by atoms with E-state index >= 15 is 0 Å². The Morgan fingerprint density at radius 2 is 2.15 bits per heavy atom. The van der Waals surface area contributed by atoms with Gasteiger partial charge in [-0.15, -0.1) is 0 Å². The van der Waals surface area contributed by atoms with E-state index in [4.69, 9.17) is 4.74 Å². The molecule has 1 aromatic carbocycles. The lowest BCUT2D eigenvalue weighted by atomic mass is 10.0. The Hall–Kier alpha value is -2.45. The molecule has 136 valence electrons. The van der Waals surface area contributed by atoms with E-state index in [1.807, 2.05) is 0 Å². The van der Waals surface area contributed by atoms with Gasteiger partial charge in [0.15, 0.2) is 0 Å². The number of hydrogen-bond acceptors (Lipinski definition) is 5. The minimum atomic E-state index is -3.66. The maximum Gasteiger partial charge on any atom is 0.251 e. The number of carbonyl (C=O) groups is 1. The van der Waals surface area contributed by atoms with Crippen LogP contribution < -0.4 is 10.1 Å². The van der Waals surface area contributed by atoms with Gasteiger partial charge in [0, 0.05) is 24.8 Å². The lowest BCUT2D eigenvalue weighted by Gasteiger charge is -2.20. The standard InChI is InChI=1S/C18H19N3O4S/c22-18-17-10-16(4-3-13(17)5-8-20-18)26(23,24)21-9-6-15(12-21)25-14-2-1-7-19-11-14/h1-4,7,10-11,15H,5-6,8-9,12H2,(H,20,22). The van der Waals surface area contributed by atoms with Crippen LogP contribution in [-0.2, 0) is 16.4 Å². The Morgan fingerprint density at radius 3 is 2.96 bits per heavy atom. The third-order valence-electron chi connectivity index (χ3n) is 4.69. The average Bonchev–Trinajstić information content (AvgIpc) is 3.12. The number of carbonyl (C=O) groups excluding carboxylic acids is 1. The molecule has 7 nitrogen and oxygen atoms in total. The van der Waals surface area contributed by atoms with Crippen LogP contribution >= 0.6 is 0 Å². The van der Waals surface area contributed by atoms with Gasteiger partial charge in [-0.1, -0.05) is 6.07 Å². The minimum absolute atomic E-state index is 0.148. The van der Waals surface area contributed by atoms with Gasteiger partial charge in [-0.3, -0.25) is 9.78 Å². The molecule has 26 heavy (non-hydrogen) atoms. The molecule has 1 N–H and O–H groups in total. The second-order valence-corrected chi connectivity index (χ2v) is 8.34. The van der Waals surface area contributed by atoms with Crippen molar-refractivity contribution in [2.75, 3.05) is 19.6 Å². The first-order valence-electron chi connectivity index (χ1n) is 8.52. The molecule has 2 aliphatic rings. The molecule has 2 aromatic rings. The van der Waals surface area contributed by atoms with E-state index in [1.54, 1.807) is 36.7 Å². The number of rotatable bonds is 4. The lowest BCUT2D eigenvalue weighted by Crippen LogP contribution is -2.33. The first kappa shape index (κ1) is 17.0. The molecule has 1 unspecified atom stereocenters. The predicted molar refractivity (Wildman–Crippen MR) is 94.5 cm³/mol. The summed E-state index contributed by atoms with van der Waals surface area (Å²) in [4.78, 5) is 16.1. The number of fused-ring (bicyclic) bond motifs is 1. The minimum Gasteiger partial charge on any atom is -0.487 e. The number of ether oxygens (including phenoxy) is 1. The van der Waals surface area contributed by atoms with Crippen molar-refractivity contribution in [3.63, 3.8) is 0 Å². The average molecular weight is 373 g/mol. The monoisotopic (exact) mass is 373 g/mol. The van der Waals surface area contributed by atoms with Crippen molar-refractivity contribution in [1.29, 1.82) is 0 Å². The summed E-state index contributed by atoms with van der Waals surface area (Å²) in [7, 11) is -3.66. The van der Waals surface area contributed by atoms with Gasteiger partial charge in [0.25, 0.3) is 5.91 Å². The van der Waals surface area contributed by atoms with Crippen molar-refractivity contribution < 1.29 is 17.9 Å². The van der Waals surface area contributed by atoms with Crippen LogP contribution in [0.5, 0.6) is 5.75 Å². The Bertz CT molecular complexity index is 931. The molecule has 0 aliphatic carbocycles. The van der Waals surface area contributed by atoms with Crippen LogP contribution in [0.25, 0.3) is 0 Å². The summed E-state index contributed by atoms with van der Waals surface area (Å²) in [5.74, 6) is 0.407. The van der Waals surface area contributed by atoms with Crippen molar-refractivity contribution >= 4 is 15.9 Å². The highest BCUT2D eigenvalue weighted by Gasteiger charge is 2.34. The van der Waals surface area contributed by atoms with E-state index in [9.17, 15) is 13.2 Å². The lowest BCUT2D eigenvalue weighted by molar-refractivity contribution is 0.0945. The van der Waals surface area contributed by atoms with Crippen molar-refractivity contribution in [2.45, 2.75) is 23.8 Å². The Labute approximate surface area is 152 Å². The maximum atomic E-state index is 13.0. The Morgan fingerprint density at radius 1 is 1.27 bits per heavy atom. The Balaban J connectivity index is 1.52. The third kappa shape index (κ3) is 3.17. The normalized spacial score (nSPS) is 20.5. The zero-order chi connectivity index (χ0) is 18.1. The fraction of sp³-hybridized carbons (Fsp3) is 0.333. The molecule has 0 spiro atoms. The smallest absolute Gasteiger partial charge is 0.251 e. The van der Waals surface area contributed by atoms with Gasteiger partial charge >= 0.3 is 0 Å². The summed E-state index contributed by atoms with van der Waals surface area (Å²) in [6.45, 7) is 1.24. The number of nitrogens with one attached hydrogen (secondary N) is 1. The number of sulfonamides is 1. The fourth-order valence-corrected chi connectivity index (χ4v) is 4.84. The molecule has 1 aromatic heterocycles. The summed E-state index contributed by atoms with van der Waals surface area (Å²) >= 11 is 0. The molecule has 8 heteroatoms. The highest BCUT2D eigenvalue weighted by atomic mass is 32.2. The molecular formula is C18H19N3O4S. The van der Waals surface area contributed by atoms with Crippen LogP contribution in [0.3, 0.4) is 0 Å². The quantitative estimate of drug-likeness (QED) is 0.870. The molecule has 1 saturated heterocycles. The van der Waals surface area contributed by atoms with Crippen LogP contribution in [0.15, 0.2) is 47.6 Å². The van der Waals surface area contributed by atoms with Crippen LogP contribution in [0.2, 0.25) is 0 Å². The van der Waals surface area contributed by atoms with Crippen molar-refractivity contribution in [3.05, 3.63) is 53.9 Å². The van der Waals surface area contributed by atoms with Gasteiger partial charge in [0.2, 0.25) is 10.0 Å². The number of benzene rings is 1. The highest BCUT2D eigenvalue weighted by molar-refractivity contribution is 7.89. The SMILES string of the molecule is O=C1NCCc2ccc(S(=O)(=O)N3CCC(Oc4cccnc4)C3)cc21. The molecule has 3 heterocycles. The van der Waals surface area contributed by atoms with Crippen LogP contribution in [0.1, 0.15) is 22.3 Å². The molecule has 4 rings (SSSR count). The molecule has 1 fully saturated rings. The van der Waals surface area contributed by atoms with Crippen LogP contribution in [-0.4, -0.2) is 49.4 Å². The second-order valence-electron chi connectivity index (χ2n) is 6.41. The topological polar surface area (TPSA) is 88.6 Å². The summed E-state index contributed by atoms with van der Waals surface area (Å²) in [6.07, 6.45) is 4.38. The first-order valence-corrected chi connectivity index (χ1v) is 9.96. The van der Waals surface area contributed by atoms with E-state index in [1.165, 1.54) is 10.4 Å². The van der Waals surface area contributed by atoms with Gasteiger partial charge in [0.1, 0.15) is 11.9 Å². The zero-order valence-electron chi connectivity index (χ0n) is 14.1. The summed E-state index contributed by atoms with van der Waals surface area (Å²) in [5, 5.41) is 2.75. The molecule has 0 bridgehead atoms. The second kappa shape index (κ2) is 6.69. The maximum absolute atomic E-state index is 13.0. The first-order chi connectivity index (χ1) is 12.5. The van der Waals surface area contributed by atoms with Crippen molar-refractivity contribution in [1.82, 2.24) is 14.6 Å². The third-order valence-corrected chi connectivity index (χ3v) is 6.55. The molecule has 0 radical (unpaired) electrons. The summed E-state index contributed by atoms with van der Waals surface area (Å²) in [5.41, 5.74) is 1.33. The number of aromatic nitrogens is 1. The number of pyridine rings is 1. The molecule has 0 saturated carbocycles.